The van der Waals surface area contributed by atoms with Crippen LogP contribution in [0.4, 0.5) is 23.2 Å². The van der Waals surface area contributed by atoms with E-state index in [2.05, 4.69) is 5.32 Å². The lowest BCUT2D eigenvalue weighted by Gasteiger charge is -2.28. The number of nitrogens with one attached hydrogen (secondary N) is 1. The van der Waals surface area contributed by atoms with Gasteiger partial charge in [0.2, 0.25) is 0 Å². The highest BCUT2D eigenvalue weighted by Gasteiger charge is 2.39. The fourth-order valence-corrected chi connectivity index (χ4v) is 2.18. The maximum absolute atomic E-state index is 14.0. The van der Waals surface area contributed by atoms with E-state index in [0.717, 1.165) is 4.90 Å². The smallest absolute Gasteiger partial charge is 0.357 e. The van der Waals surface area contributed by atoms with Gasteiger partial charge in [-0.1, -0.05) is 12.1 Å². The van der Waals surface area contributed by atoms with Crippen molar-refractivity contribution < 1.29 is 17.6 Å². The van der Waals surface area contributed by atoms with Crippen LogP contribution in [0.2, 0.25) is 0 Å². The molecule has 0 spiro atoms. The number of hydrogen-bond acceptors (Lipinski definition) is 2. The van der Waals surface area contributed by atoms with E-state index >= 15 is 0 Å². The van der Waals surface area contributed by atoms with E-state index in [1.165, 1.54) is 12.1 Å². The quantitative estimate of drug-likeness (QED) is 0.831. The first-order valence-electron chi connectivity index (χ1n) is 6.18. The Bertz CT molecular complexity index is 441. The van der Waals surface area contributed by atoms with Crippen LogP contribution in [0.1, 0.15) is 18.4 Å². The molecule has 0 aromatic heterocycles. The molecule has 0 bridgehead atoms. The summed E-state index contributed by atoms with van der Waals surface area (Å²) in [6.45, 7) is -0.760. The van der Waals surface area contributed by atoms with Crippen LogP contribution >= 0.6 is 0 Å². The average Bonchev–Trinajstić information content (AvgIpc) is 3.10. The molecule has 1 aromatic rings. The van der Waals surface area contributed by atoms with Gasteiger partial charge in [-0.2, -0.15) is 13.2 Å². The Kier molecular flexibility index (Phi) is 3.99. The predicted octanol–water partition coefficient (Wildman–Crippen LogP) is 3.08. The van der Waals surface area contributed by atoms with Gasteiger partial charge in [-0.15, -0.1) is 0 Å². The van der Waals surface area contributed by atoms with Crippen LogP contribution in [-0.4, -0.2) is 25.8 Å². The van der Waals surface area contributed by atoms with Crippen molar-refractivity contribution in [2.75, 3.05) is 18.5 Å². The minimum absolute atomic E-state index is 0.0803. The Balaban J connectivity index is 2.35. The zero-order valence-corrected chi connectivity index (χ0v) is 10.6. The highest BCUT2D eigenvalue weighted by Crippen LogP contribution is 2.37. The number of nitrogens with zero attached hydrogens (tertiary/aromatic N) is 1. The molecule has 2 nitrogen and oxygen atoms in total. The molecule has 106 valence electrons. The van der Waals surface area contributed by atoms with E-state index in [4.69, 9.17) is 0 Å². The predicted molar refractivity (Wildman–Crippen MR) is 65.6 cm³/mol. The van der Waals surface area contributed by atoms with Crippen LogP contribution in [0.25, 0.3) is 0 Å². The van der Waals surface area contributed by atoms with Crippen molar-refractivity contribution in [2.24, 2.45) is 0 Å². The first-order chi connectivity index (χ1) is 8.92. The topological polar surface area (TPSA) is 15.3 Å². The molecule has 1 N–H and O–H groups in total. The van der Waals surface area contributed by atoms with Crippen molar-refractivity contribution in [1.82, 2.24) is 5.32 Å². The Morgan fingerprint density at radius 2 is 2.00 bits per heavy atom. The van der Waals surface area contributed by atoms with Gasteiger partial charge in [-0.05, 0) is 31.5 Å². The van der Waals surface area contributed by atoms with Gasteiger partial charge in [0.1, 0.15) is 12.4 Å². The molecule has 1 aromatic carbocycles. The summed E-state index contributed by atoms with van der Waals surface area (Å²) in [5.74, 6) is -0.594. The lowest BCUT2D eigenvalue weighted by atomic mass is 10.1. The van der Waals surface area contributed by atoms with Crippen LogP contribution in [0.5, 0.6) is 0 Å². The summed E-state index contributed by atoms with van der Waals surface area (Å²) in [5.41, 5.74) is 0.635. The van der Waals surface area contributed by atoms with Crippen LogP contribution in [0, 0.1) is 5.82 Å². The van der Waals surface area contributed by atoms with E-state index in [1.54, 1.807) is 13.1 Å². The molecule has 1 aliphatic carbocycles. The van der Waals surface area contributed by atoms with Gasteiger partial charge < -0.3 is 10.2 Å². The number of anilines is 1. The number of rotatable bonds is 5. The molecule has 0 aliphatic heterocycles. The Morgan fingerprint density at radius 1 is 1.32 bits per heavy atom. The lowest BCUT2D eigenvalue weighted by Crippen LogP contribution is -2.37. The van der Waals surface area contributed by atoms with Crippen LogP contribution in [0.3, 0.4) is 0 Å². The van der Waals surface area contributed by atoms with E-state index < -0.39 is 18.5 Å². The maximum Gasteiger partial charge on any atom is 0.405 e. The third-order valence-corrected chi connectivity index (χ3v) is 3.06. The number of halogens is 4. The summed E-state index contributed by atoms with van der Waals surface area (Å²) in [6, 6.07) is 4.18. The van der Waals surface area contributed by atoms with Crippen molar-refractivity contribution in [3.05, 3.63) is 29.6 Å². The highest BCUT2D eigenvalue weighted by molar-refractivity contribution is 5.56. The molecule has 0 amide bonds. The molecule has 1 aliphatic rings. The SMILES string of the molecule is CNCc1cccc(F)c1N(CC(F)(F)F)C1CC1. The van der Waals surface area contributed by atoms with Crippen molar-refractivity contribution in [3.8, 4) is 0 Å². The van der Waals surface area contributed by atoms with E-state index in [9.17, 15) is 17.6 Å². The molecule has 1 fully saturated rings. The van der Waals surface area contributed by atoms with Crippen molar-refractivity contribution in [1.29, 1.82) is 0 Å². The molecular formula is C13H16F4N2. The molecular weight excluding hydrogens is 260 g/mol. The standard InChI is InChI=1S/C13H16F4N2/c1-18-7-9-3-2-4-11(14)12(9)19(10-5-6-10)8-13(15,16)17/h2-4,10,18H,5-8H2,1H3. The third-order valence-electron chi connectivity index (χ3n) is 3.06. The Morgan fingerprint density at radius 3 is 2.53 bits per heavy atom. The summed E-state index contributed by atoms with van der Waals surface area (Å²) in [6.07, 6.45) is -2.96. The molecule has 6 heteroatoms. The lowest BCUT2D eigenvalue weighted by molar-refractivity contribution is -0.120. The largest absolute Gasteiger partial charge is 0.405 e. The summed E-state index contributed by atoms with van der Waals surface area (Å²) in [4.78, 5) is 1.15. The normalized spacial score (nSPS) is 15.6. The van der Waals surface area contributed by atoms with Crippen LogP contribution in [0.15, 0.2) is 18.2 Å². The maximum atomic E-state index is 14.0. The van der Waals surface area contributed by atoms with Gasteiger partial charge in [0.15, 0.2) is 0 Å². The Labute approximate surface area is 109 Å². The number of benzene rings is 1. The fraction of sp³-hybridized carbons (Fsp3) is 0.538. The second-order valence-corrected chi connectivity index (χ2v) is 4.75. The minimum atomic E-state index is -4.33. The summed E-state index contributed by atoms with van der Waals surface area (Å²) in [7, 11) is 1.68. The first kappa shape index (κ1) is 14.1. The Hall–Kier alpha value is -1.30. The molecule has 0 atom stereocenters. The van der Waals surface area contributed by atoms with Crippen LogP contribution in [-0.2, 0) is 6.54 Å². The zero-order valence-electron chi connectivity index (χ0n) is 10.6. The van der Waals surface area contributed by atoms with Crippen LogP contribution < -0.4 is 10.2 Å². The molecule has 2 rings (SSSR count). The number of para-hydroxylation sites is 1. The summed E-state index contributed by atoms with van der Waals surface area (Å²) >= 11 is 0. The first-order valence-corrected chi connectivity index (χ1v) is 6.18. The highest BCUT2D eigenvalue weighted by atomic mass is 19.4. The number of alkyl halides is 3. The molecule has 19 heavy (non-hydrogen) atoms. The van der Waals surface area contributed by atoms with E-state index in [-0.39, 0.29) is 11.7 Å². The molecule has 1 saturated carbocycles. The van der Waals surface area contributed by atoms with E-state index in [1.807, 2.05) is 0 Å². The zero-order chi connectivity index (χ0) is 14.0. The van der Waals surface area contributed by atoms with Crippen molar-refractivity contribution >= 4 is 5.69 Å². The van der Waals surface area contributed by atoms with Gasteiger partial charge in [0.05, 0.1) is 5.69 Å². The van der Waals surface area contributed by atoms with E-state index in [0.29, 0.717) is 24.9 Å². The molecule has 0 heterocycles. The van der Waals surface area contributed by atoms with Gasteiger partial charge in [-0.3, -0.25) is 0 Å². The average molecular weight is 276 g/mol. The fourth-order valence-electron chi connectivity index (χ4n) is 2.18. The second kappa shape index (κ2) is 5.36. The van der Waals surface area contributed by atoms with Gasteiger partial charge in [-0.25, -0.2) is 4.39 Å². The van der Waals surface area contributed by atoms with Gasteiger partial charge in [0.25, 0.3) is 0 Å². The molecule has 0 saturated heterocycles. The monoisotopic (exact) mass is 276 g/mol. The summed E-state index contributed by atoms with van der Waals surface area (Å²) in [5, 5.41) is 2.85. The van der Waals surface area contributed by atoms with Crippen molar-refractivity contribution in [2.45, 2.75) is 31.6 Å². The second-order valence-electron chi connectivity index (χ2n) is 4.75. The van der Waals surface area contributed by atoms with Crippen molar-refractivity contribution in [3.63, 3.8) is 0 Å². The summed E-state index contributed by atoms with van der Waals surface area (Å²) < 4.78 is 51.9. The van der Waals surface area contributed by atoms with Gasteiger partial charge >= 0.3 is 6.18 Å². The minimum Gasteiger partial charge on any atom is -0.357 e. The molecule has 0 radical (unpaired) electrons. The third kappa shape index (κ3) is 3.59. The van der Waals surface area contributed by atoms with Gasteiger partial charge in [0, 0.05) is 12.6 Å². The molecule has 0 unspecified atom stereocenters. The number of hydrogen-bond donors (Lipinski definition) is 1.